The normalized spacial score (nSPS) is 18.7. The third-order valence-electron chi connectivity index (χ3n) is 4.61. The number of amides is 1. The maximum atomic E-state index is 12.6. The van der Waals surface area contributed by atoms with Crippen molar-refractivity contribution in [1.29, 1.82) is 0 Å². The Bertz CT molecular complexity index is 907. The number of para-hydroxylation sites is 1. The average Bonchev–Trinajstić information content (AvgIpc) is 2.91. The van der Waals surface area contributed by atoms with Crippen molar-refractivity contribution in [2.75, 3.05) is 16.8 Å². The van der Waals surface area contributed by atoms with E-state index >= 15 is 0 Å². The first-order chi connectivity index (χ1) is 11.9. The second-order valence-corrected chi connectivity index (χ2v) is 8.72. The first-order valence-electron chi connectivity index (χ1n) is 8.29. The van der Waals surface area contributed by atoms with Gasteiger partial charge in [-0.3, -0.25) is 4.79 Å². The minimum absolute atomic E-state index is 0.0192. The van der Waals surface area contributed by atoms with Crippen molar-refractivity contribution >= 4 is 27.1 Å². The first-order valence-corrected chi connectivity index (χ1v) is 10.1. The van der Waals surface area contributed by atoms with Crippen LogP contribution in [-0.4, -0.2) is 31.9 Å². The fourth-order valence-electron chi connectivity index (χ4n) is 2.99. The molecule has 0 aliphatic carbocycles. The number of rotatable bonds is 4. The second kappa shape index (κ2) is 6.88. The Morgan fingerprint density at radius 2 is 1.76 bits per heavy atom. The lowest BCUT2D eigenvalue weighted by Gasteiger charge is -2.16. The van der Waals surface area contributed by atoms with E-state index in [0.717, 1.165) is 11.3 Å². The highest BCUT2D eigenvalue weighted by atomic mass is 32.2. The van der Waals surface area contributed by atoms with Crippen LogP contribution in [-0.2, 0) is 9.84 Å². The quantitative estimate of drug-likeness (QED) is 0.881. The number of benzene rings is 2. The van der Waals surface area contributed by atoms with Crippen molar-refractivity contribution in [2.24, 2.45) is 0 Å². The Balaban J connectivity index is 1.81. The average molecular weight is 358 g/mol. The molecule has 0 bridgehead atoms. The van der Waals surface area contributed by atoms with Gasteiger partial charge in [0.1, 0.15) is 0 Å². The lowest BCUT2D eigenvalue weighted by Crippen LogP contribution is -2.35. The van der Waals surface area contributed by atoms with Crippen molar-refractivity contribution < 1.29 is 13.2 Å². The van der Waals surface area contributed by atoms with Crippen LogP contribution in [0.5, 0.6) is 0 Å². The molecule has 5 nitrogen and oxygen atoms in total. The van der Waals surface area contributed by atoms with E-state index in [-0.39, 0.29) is 23.5 Å². The number of anilines is 2. The van der Waals surface area contributed by atoms with E-state index < -0.39 is 9.84 Å². The first kappa shape index (κ1) is 17.5. The summed E-state index contributed by atoms with van der Waals surface area (Å²) in [6, 6.07) is 12.9. The third-order valence-corrected chi connectivity index (χ3v) is 6.38. The van der Waals surface area contributed by atoms with Gasteiger partial charge < -0.3 is 10.6 Å². The molecule has 1 saturated heterocycles. The minimum atomic E-state index is -3.02. The van der Waals surface area contributed by atoms with Crippen LogP contribution < -0.4 is 10.6 Å². The maximum absolute atomic E-state index is 12.6. The Morgan fingerprint density at radius 3 is 2.48 bits per heavy atom. The molecule has 1 amide bonds. The molecule has 1 aliphatic heterocycles. The van der Waals surface area contributed by atoms with Gasteiger partial charge >= 0.3 is 0 Å². The lowest BCUT2D eigenvalue weighted by molar-refractivity contribution is 0.0942. The van der Waals surface area contributed by atoms with Crippen LogP contribution >= 0.6 is 0 Å². The summed E-state index contributed by atoms with van der Waals surface area (Å²) in [7, 11) is -3.02. The molecule has 0 spiro atoms. The zero-order chi connectivity index (χ0) is 18.0. The summed E-state index contributed by atoms with van der Waals surface area (Å²) in [5.41, 5.74) is 4.45. The van der Waals surface area contributed by atoms with E-state index in [0.29, 0.717) is 17.7 Å². The van der Waals surface area contributed by atoms with Gasteiger partial charge in [0.15, 0.2) is 9.84 Å². The fourth-order valence-corrected chi connectivity index (χ4v) is 4.67. The largest absolute Gasteiger partial charge is 0.355 e. The monoisotopic (exact) mass is 358 g/mol. The summed E-state index contributed by atoms with van der Waals surface area (Å²) in [5, 5.41) is 6.17. The molecule has 25 heavy (non-hydrogen) atoms. The number of nitrogens with one attached hydrogen (secondary N) is 2. The molecule has 132 valence electrons. The molecular weight excluding hydrogens is 336 g/mol. The van der Waals surface area contributed by atoms with Crippen LogP contribution in [0.25, 0.3) is 0 Å². The molecular formula is C19H22N2O3S. The minimum Gasteiger partial charge on any atom is -0.355 e. The molecule has 0 aromatic heterocycles. The van der Waals surface area contributed by atoms with E-state index in [1.54, 1.807) is 12.1 Å². The number of hydrogen-bond donors (Lipinski definition) is 2. The van der Waals surface area contributed by atoms with Gasteiger partial charge in [-0.2, -0.15) is 0 Å². The molecule has 2 aromatic carbocycles. The maximum Gasteiger partial charge on any atom is 0.253 e. The summed E-state index contributed by atoms with van der Waals surface area (Å²) in [6.45, 7) is 4.07. The van der Waals surface area contributed by atoms with Crippen LogP contribution in [0.4, 0.5) is 11.4 Å². The molecule has 1 atom stereocenters. The Kier molecular flexibility index (Phi) is 4.81. The highest BCUT2D eigenvalue weighted by Gasteiger charge is 2.29. The SMILES string of the molecule is Cc1cccc(Nc2ccccc2C(=O)NC2CCS(=O)(=O)C2)c1C. The lowest BCUT2D eigenvalue weighted by atomic mass is 10.1. The Hall–Kier alpha value is -2.34. The predicted molar refractivity (Wildman–Crippen MR) is 100 cm³/mol. The van der Waals surface area contributed by atoms with E-state index in [4.69, 9.17) is 0 Å². The van der Waals surface area contributed by atoms with E-state index in [9.17, 15) is 13.2 Å². The molecule has 1 unspecified atom stereocenters. The zero-order valence-electron chi connectivity index (χ0n) is 14.4. The van der Waals surface area contributed by atoms with Crippen molar-refractivity contribution in [3.8, 4) is 0 Å². The van der Waals surface area contributed by atoms with E-state index in [1.807, 2.05) is 44.2 Å². The Labute approximate surface area is 148 Å². The number of aryl methyl sites for hydroxylation is 1. The van der Waals surface area contributed by atoms with Crippen molar-refractivity contribution in [1.82, 2.24) is 5.32 Å². The van der Waals surface area contributed by atoms with Crippen molar-refractivity contribution in [3.63, 3.8) is 0 Å². The summed E-state index contributed by atoms with van der Waals surface area (Å²) in [4.78, 5) is 12.6. The smallest absolute Gasteiger partial charge is 0.253 e. The second-order valence-electron chi connectivity index (χ2n) is 6.49. The van der Waals surface area contributed by atoms with Crippen LogP contribution in [0.3, 0.4) is 0 Å². The van der Waals surface area contributed by atoms with Crippen LogP contribution in [0.15, 0.2) is 42.5 Å². The van der Waals surface area contributed by atoms with Gasteiger partial charge in [0.2, 0.25) is 0 Å². The highest BCUT2D eigenvalue weighted by Crippen LogP contribution is 2.25. The molecule has 6 heteroatoms. The van der Waals surface area contributed by atoms with Crippen molar-refractivity contribution in [2.45, 2.75) is 26.3 Å². The summed E-state index contributed by atoms with van der Waals surface area (Å²) in [5.74, 6) is -0.0958. The molecule has 0 saturated carbocycles. The summed E-state index contributed by atoms with van der Waals surface area (Å²) in [6.07, 6.45) is 0.473. The van der Waals surface area contributed by atoms with Gasteiger partial charge in [0.05, 0.1) is 22.8 Å². The van der Waals surface area contributed by atoms with Gasteiger partial charge in [-0.15, -0.1) is 0 Å². The molecule has 2 N–H and O–H groups in total. The van der Waals surface area contributed by atoms with Gasteiger partial charge in [0.25, 0.3) is 5.91 Å². The number of sulfone groups is 1. The van der Waals surface area contributed by atoms with Crippen LogP contribution in [0, 0.1) is 13.8 Å². The topological polar surface area (TPSA) is 75.3 Å². The predicted octanol–water partition coefficient (Wildman–Crippen LogP) is 2.96. The highest BCUT2D eigenvalue weighted by molar-refractivity contribution is 7.91. The molecule has 1 fully saturated rings. The molecule has 0 radical (unpaired) electrons. The summed E-state index contributed by atoms with van der Waals surface area (Å²) >= 11 is 0. The zero-order valence-corrected chi connectivity index (χ0v) is 15.2. The summed E-state index contributed by atoms with van der Waals surface area (Å²) < 4.78 is 23.1. The fraction of sp³-hybridized carbons (Fsp3) is 0.316. The Morgan fingerprint density at radius 1 is 1.04 bits per heavy atom. The van der Waals surface area contributed by atoms with Gasteiger partial charge in [-0.25, -0.2) is 8.42 Å². The number of hydrogen-bond acceptors (Lipinski definition) is 4. The van der Waals surface area contributed by atoms with E-state index in [1.165, 1.54) is 5.56 Å². The molecule has 2 aromatic rings. The van der Waals surface area contributed by atoms with Crippen LogP contribution in [0.2, 0.25) is 0 Å². The number of carbonyl (C=O) groups is 1. The van der Waals surface area contributed by atoms with Gasteiger partial charge in [0, 0.05) is 11.7 Å². The van der Waals surface area contributed by atoms with E-state index in [2.05, 4.69) is 10.6 Å². The van der Waals surface area contributed by atoms with Gasteiger partial charge in [-0.1, -0.05) is 24.3 Å². The molecule has 1 heterocycles. The number of carbonyl (C=O) groups excluding carboxylic acids is 1. The molecule has 3 rings (SSSR count). The van der Waals surface area contributed by atoms with Crippen molar-refractivity contribution in [3.05, 3.63) is 59.2 Å². The van der Waals surface area contributed by atoms with Crippen LogP contribution in [0.1, 0.15) is 27.9 Å². The third kappa shape index (κ3) is 4.02. The molecule has 1 aliphatic rings. The van der Waals surface area contributed by atoms with Gasteiger partial charge in [-0.05, 0) is 49.6 Å². The standard InChI is InChI=1S/C19H22N2O3S/c1-13-6-5-9-17(14(13)2)21-18-8-4-3-7-16(18)19(22)20-15-10-11-25(23,24)12-15/h3-9,15,21H,10-12H2,1-2H3,(H,20,22).